The molecule has 0 aromatic heterocycles. The highest BCUT2D eigenvalue weighted by atomic mass is 35.5. The topological polar surface area (TPSA) is 50.8 Å². The van der Waals surface area contributed by atoms with Crippen molar-refractivity contribution < 1.29 is 14.3 Å². The summed E-state index contributed by atoms with van der Waals surface area (Å²) in [4.78, 5) is 14.6. The van der Waals surface area contributed by atoms with E-state index in [2.05, 4.69) is 10.2 Å². The van der Waals surface area contributed by atoms with Crippen molar-refractivity contribution in [1.82, 2.24) is 10.2 Å². The molecule has 0 aliphatic carbocycles. The standard InChI is InChI=1S/C20H22Cl2N2O3/c21-17-3-1-2-15(12-17)14-27-19-5-4-16(13-18(19)22)20(25)23-6-7-24-8-10-26-11-9-24/h1-5,12-13H,6-11,14H2,(H,23,25). The molecule has 144 valence electrons. The van der Waals surface area contributed by atoms with Gasteiger partial charge >= 0.3 is 0 Å². The lowest BCUT2D eigenvalue weighted by atomic mass is 10.2. The van der Waals surface area contributed by atoms with Crippen LogP contribution in [0.1, 0.15) is 15.9 Å². The van der Waals surface area contributed by atoms with E-state index in [1.165, 1.54) is 0 Å². The van der Waals surface area contributed by atoms with Crippen molar-refractivity contribution in [2.24, 2.45) is 0 Å². The zero-order chi connectivity index (χ0) is 19.1. The van der Waals surface area contributed by atoms with Crippen molar-refractivity contribution in [2.45, 2.75) is 6.61 Å². The summed E-state index contributed by atoms with van der Waals surface area (Å²) in [6, 6.07) is 12.5. The van der Waals surface area contributed by atoms with Crippen molar-refractivity contribution in [3.8, 4) is 5.75 Å². The number of hydrogen-bond acceptors (Lipinski definition) is 4. The molecule has 1 amide bonds. The Morgan fingerprint density at radius 1 is 1.15 bits per heavy atom. The molecule has 0 radical (unpaired) electrons. The van der Waals surface area contributed by atoms with Crippen LogP contribution < -0.4 is 10.1 Å². The SMILES string of the molecule is O=C(NCCN1CCOCC1)c1ccc(OCc2cccc(Cl)c2)c(Cl)c1. The van der Waals surface area contributed by atoms with Gasteiger partial charge in [-0.05, 0) is 35.9 Å². The minimum Gasteiger partial charge on any atom is -0.487 e. The van der Waals surface area contributed by atoms with E-state index in [9.17, 15) is 4.79 Å². The number of morpholine rings is 1. The Labute approximate surface area is 169 Å². The number of amides is 1. The van der Waals surface area contributed by atoms with E-state index < -0.39 is 0 Å². The van der Waals surface area contributed by atoms with Crippen LogP contribution in [0.3, 0.4) is 0 Å². The summed E-state index contributed by atoms with van der Waals surface area (Å²) in [5.74, 6) is 0.382. The van der Waals surface area contributed by atoms with Gasteiger partial charge in [-0.2, -0.15) is 0 Å². The molecule has 1 saturated heterocycles. The Bertz CT molecular complexity index is 780. The van der Waals surface area contributed by atoms with Gasteiger partial charge in [0.15, 0.2) is 0 Å². The quantitative estimate of drug-likeness (QED) is 0.759. The third-order valence-corrected chi connectivity index (χ3v) is 4.83. The summed E-state index contributed by atoms with van der Waals surface area (Å²) < 4.78 is 11.0. The molecule has 2 aromatic rings. The lowest BCUT2D eigenvalue weighted by molar-refractivity contribution is 0.0383. The first-order valence-electron chi connectivity index (χ1n) is 8.87. The summed E-state index contributed by atoms with van der Waals surface area (Å²) in [5.41, 5.74) is 1.46. The van der Waals surface area contributed by atoms with E-state index in [-0.39, 0.29) is 5.91 Å². The van der Waals surface area contributed by atoms with Crippen LogP contribution in [0, 0.1) is 0 Å². The summed E-state index contributed by atoms with van der Waals surface area (Å²) in [7, 11) is 0. The molecule has 1 aliphatic rings. The Hall–Kier alpha value is -1.79. The van der Waals surface area contributed by atoms with Crippen molar-refractivity contribution in [3.05, 3.63) is 63.6 Å². The predicted molar refractivity (Wildman–Crippen MR) is 107 cm³/mol. The van der Waals surface area contributed by atoms with Gasteiger partial charge in [0.2, 0.25) is 0 Å². The molecule has 1 N–H and O–H groups in total. The van der Waals surface area contributed by atoms with Crippen molar-refractivity contribution in [3.63, 3.8) is 0 Å². The minimum atomic E-state index is -0.147. The van der Waals surface area contributed by atoms with Gasteiger partial charge in [-0.1, -0.05) is 35.3 Å². The molecule has 7 heteroatoms. The van der Waals surface area contributed by atoms with Gasteiger partial charge in [0.1, 0.15) is 12.4 Å². The van der Waals surface area contributed by atoms with E-state index in [0.29, 0.717) is 34.5 Å². The summed E-state index contributed by atoms with van der Waals surface area (Å²) in [6.45, 7) is 5.06. The third-order valence-electron chi connectivity index (χ3n) is 4.29. The first-order valence-corrected chi connectivity index (χ1v) is 9.62. The molecular formula is C20H22Cl2N2O3. The van der Waals surface area contributed by atoms with E-state index in [4.69, 9.17) is 32.7 Å². The Kier molecular flexibility index (Phi) is 7.35. The van der Waals surface area contributed by atoms with Crippen LogP contribution in [0.4, 0.5) is 0 Å². The molecule has 0 atom stereocenters. The van der Waals surface area contributed by atoms with Gasteiger partial charge in [-0.15, -0.1) is 0 Å². The monoisotopic (exact) mass is 408 g/mol. The van der Waals surface area contributed by atoms with Gasteiger partial charge in [0, 0.05) is 36.8 Å². The fourth-order valence-electron chi connectivity index (χ4n) is 2.80. The molecule has 1 heterocycles. The number of nitrogens with zero attached hydrogens (tertiary/aromatic N) is 1. The van der Waals surface area contributed by atoms with Gasteiger partial charge in [-0.25, -0.2) is 0 Å². The Morgan fingerprint density at radius 2 is 1.96 bits per heavy atom. The molecular weight excluding hydrogens is 387 g/mol. The fraction of sp³-hybridized carbons (Fsp3) is 0.350. The summed E-state index contributed by atoms with van der Waals surface area (Å²) in [5, 5.41) is 3.98. The maximum atomic E-state index is 12.3. The fourth-order valence-corrected chi connectivity index (χ4v) is 3.25. The highest BCUT2D eigenvalue weighted by Crippen LogP contribution is 2.26. The number of carbonyl (C=O) groups is 1. The molecule has 0 unspecified atom stereocenters. The Morgan fingerprint density at radius 3 is 2.70 bits per heavy atom. The number of ether oxygens (including phenoxy) is 2. The second kappa shape index (κ2) is 9.95. The number of halogens is 2. The van der Waals surface area contributed by atoms with Gasteiger partial charge in [0.05, 0.1) is 18.2 Å². The lowest BCUT2D eigenvalue weighted by Gasteiger charge is -2.26. The van der Waals surface area contributed by atoms with Crippen LogP contribution in [0.5, 0.6) is 5.75 Å². The maximum absolute atomic E-state index is 12.3. The van der Waals surface area contributed by atoms with Gasteiger partial charge in [0.25, 0.3) is 5.91 Å². The largest absolute Gasteiger partial charge is 0.487 e. The smallest absolute Gasteiger partial charge is 0.251 e. The molecule has 0 bridgehead atoms. The zero-order valence-electron chi connectivity index (χ0n) is 14.9. The summed E-state index contributed by atoms with van der Waals surface area (Å²) >= 11 is 12.2. The van der Waals surface area contributed by atoms with Crippen LogP contribution >= 0.6 is 23.2 Å². The van der Waals surface area contributed by atoms with Crippen LogP contribution in [0.2, 0.25) is 10.0 Å². The van der Waals surface area contributed by atoms with E-state index in [1.807, 2.05) is 24.3 Å². The van der Waals surface area contributed by atoms with Crippen molar-refractivity contribution in [2.75, 3.05) is 39.4 Å². The third kappa shape index (κ3) is 6.11. The Balaban J connectivity index is 1.50. The first-order chi connectivity index (χ1) is 13.1. The number of rotatable bonds is 7. The highest BCUT2D eigenvalue weighted by molar-refractivity contribution is 6.32. The van der Waals surface area contributed by atoms with Crippen LogP contribution in [0.25, 0.3) is 0 Å². The average molecular weight is 409 g/mol. The second-order valence-corrected chi connectivity index (χ2v) is 7.12. The molecule has 2 aromatic carbocycles. The van der Waals surface area contributed by atoms with Crippen LogP contribution in [0.15, 0.2) is 42.5 Å². The number of carbonyl (C=O) groups excluding carboxylic acids is 1. The predicted octanol–water partition coefficient (Wildman–Crippen LogP) is 3.63. The van der Waals surface area contributed by atoms with E-state index in [0.717, 1.165) is 38.4 Å². The van der Waals surface area contributed by atoms with E-state index >= 15 is 0 Å². The molecule has 3 rings (SSSR count). The molecule has 0 saturated carbocycles. The maximum Gasteiger partial charge on any atom is 0.251 e. The molecule has 1 fully saturated rings. The highest BCUT2D eigenvalue weighted by Gasteiger charge is 2.12. The molecule has 0 spiro atoms. The van der Waals surface area contributed by atoms with Crippen LogP contribution in [-0.2, 0) is 11.3 Å². The molecule has 27 heavy (non-hydrogen) atoms. The van der Waals surface area contributed by atoms with Crippen molar-refractivity contribution >= 4 is 29.1 Å². The second-order valence-electron chi connectivity index (χ2n) is 6.27. The van der Waals surface area contributed by atoms with Crippen LogP contribution in [-0.4, -0.2) is 50.2 Å². The van der Waals surface area contributed by atoms with Gasteiger partial charge < -0.3 is 14.8 Å². The van der Waals surface area contributed by atoms with Gasteiger partial charge in [-0.3, -0.25) is 9.69 Å². The molecule has 1 aliphatic heterocycles. The zero-order valence-corrected chi connectivity index (χ0v) is 16.4. The number of hydrogen-bond donors (Lipinski definition) is 1. The summed E-state index contributed by atoms with van der Waals surface area (Å²) in [6.07, 6.45) is 0. The minimum absolute atomic E-state index is 0.147. The van der Waals surface area contributed by atoms with Crippen molar-refractivity contribution in [1.29, 1.82) is 0 Å². The first kappa shape index (κ1) is 20.0. The normalized spacial score (nSPS) is 14.7. The van der Waals surface area contributed by atoms with E-state index in [1.54, 1.807) is 18.2 Å². The molecule has 5 nitrogen and oxygen atoms in total. The number of benzene rings is 2. The number of nitrogens with one attached hydrogen (secondary N) is 1. The lowest BCUT2D eigenvalue weighted by Crippen LogP contribution is -2.41. The average Bonchev–Trinajstić information content (AvgIpc) is 2.68.